The number of nitrogens with zero attached hydrogens (tertiary/aromatic N) is 1. The molecule has 5 heteroatoms. The molecule has 1 heterocycles. The molecular formula is C8H13N3O2. The van der Waals surface area contributed by atoms with Crippen molar-refractivity contribution in [3.05, 3.63) is 16.2 Å². The Morgan fingerprint density at radius 2 is 2.31 bits per heavy atom. The van der Waals surface area contributed by atoms with Gasteiger partial charge in [-0.25, -0.2) is 0 Å². The molecule has 1 aromatic rings. The molecular weight excluding hydrogens is 170 g/mol. The number of H-pyrrole nitrogens is 1. The average Bonchev–Trinajstić information content (AvgIpc) is 2.02. The van der Waals surface area contributed by atoms with Gasteiger partial charge < -0.3 is 15.4 Å². The molecule has 13 heavy (non-hydrogen) atoms. The molecule has 0 aromatic carbocycles. The van der Waals surface area contributed by atoms with Gasteiger partial charge in [0.15, 0.2) is 5.69 Å². The summed E-state index contributed by atoms with van der Waals surface area (Å²) in [6.45, 7) is 4.23. The number of nitrogens with one attached hydrogen (secondary N) is 2. The summed E-state index contributed by atoms with van der Waals surface area (Å²) in [4.78, 5) is 17.5. The van der Waals surface area contributed by atoms with Crippen molar-refractivity contribution in [2.75, 3.05) is 11.9 Å². The Labute approximate surface area is 75.8 Å². The number of aromatic nitrogens is 2. The molecule has 0 bridgehead atoms. The van der Waals surface area contributed by atoms with E-state index in [1.807, 2.05) is 6.92 Å². The zero-order valence-electron chi connectivity index (χ0n) is 7.72. The minimum atomic E-state index is -0.335. The standard InChI is InChI=1S/C8H13N3O2/c1-3-4-9-6-7(12)10-5(2)11-8(6)13/h9H,3-4H2,1-2H3,(H2,10,11,12,13). The molecule has 1 aromatic heterocycles. The van der Waals surface area contributed by atoms with Crippen LogP contribution in [0.4, 0.5) is 5.69 Å². The van der Waals surface area contributed by atoms with Gasteiger partial charge in [0.05, 0.1) is 0 Å². The van der Waals surface area contributed by atoms with Crippen molar-refractivity contribution in [2.45, 2.75) is 20.3 Å². The summed E-state index contributed by atoms with van der Waals surface area (Å²) in [6, 6.07) is 0. The zero-order valence-corrected chi connectivity index (χ0v) is 7.72. The number of aryl methyl sites for hydroxylation is 1. The third-order valence-corrected chi connectivity index (χ3v) is 1.57. The molecule has 72 valence electrons. The zero-order chi connectivity index (χ0) is 9.84. The molecule has 1 rings (SSSR count). The first-order chi connectivity index (χ1) is 6.15. The van der Waals surface area contributed by atoms with Crippen LogP contribution in [0.2, 0.25) is 0 Å². The van der Waals surface area contributed by atoms with Gasteiger partial charge in [-0.1, -0.05) is 6.92 Å². The molecule has 0 aliphatic rings. The van der Waals surface area contributed by atoms with E-state index in [9.17, 15) is 9.90 Å². The van der Waals surface area contributed by atoms with Gasteiger partial charge in [-0.05, 0) is 13.3 Å². The molecule has 0 atom stereocenters. The summed E-state index contributed by atoms with van der Waals surface area (Å²) >= 11 is 0. The second-order valence-corrected chi connectivity index (χ2v) is 2.78. The summed E-state index contributed by atoms with van der Waals surface area (Å²) in [5, 5.41) is 12.1. The van der Waals surface area contributed by atoms with E-state index in [1.54, 1.807) is 6.92 Å². The lowest BCUT2D eigenvalue weighted by Gasteiger charge is -2.04. The molecule has 0 fully saturated rings. The number of aromatic hydroxyl groups is 1. The highest BCUT2D eigenvalue weighted by molar-refractivity contribution is 5.49. The average molecular weight is 183 g/mol. The number of rotatable bonds is 3. The molecule has 0 saturated heterocycles. The first-order valence-electron chi connectivity index (χ1n) is 4.19. The fraction of sp³-hybridized carbons (Fsp3) is 0.500. The van der Waals surface area contributed by atoms with Gasteiger partial charge in [0.1, 0.15) is 5.82 Å². The second kappa shape index (κ2) is 3.93. The van der Waals surface area contributed by atoms with Crippen LogP contribution in [0.15, 0.2) is 4.79 Å². The van der Waals surface area contributed by atoms with Crippen LogP contribution in [0, 0.1) is 6.92 Å². The lowest BCUT2D eigenvalue weighted by molar-refractivity contribution is 0.451. The molecule has 0 radical (unpaired) electrons. The maximum absolute atomic E-state index is 11.2. The van der Waals surface area contributed by atoms with Gasteiger partial charge >= 0.3 is 0 Å². The van der Waals surface area contributed by atoms with Crippen LogP contribution in [0.3, 0.4) is 0 Å². The van der Waals surface area contributed by atoms with Gasteiger partial charge in [-0.2, -0.15) is 4.98 Å². The Morgan fingerprint density at radius 1 is 1.62 bits per heavy atom. The third-order valence-electron chi connectivity index (χ3n) is 1.57. The topological polar surface area (TPSA) is 78.0 Å². The third kappa shape index (κ3) is 2.21. The molecule has 0 aliphatic heterocycles. The normalized spacial score (nSPS) is 10.0. The SMILES string of the molecule is CCCNc1c(O)nc(C)[nH]c1=O. The number of hydrogen-bond acceptors (Lipinski definition) is 4. The van der Waals surface area contributed by atoms with E-state index < -0.39 is 0 Å². The van der Waals surface area contributed by atoms with Crippen molar-refractivity contribution in [2.24, 2.45) is 0 Å². The Hall–Kier alpha value is -1.52. The highest BCUT2D eigenvalue weighted by atomic mass is 16.3. The van der Waals surface area contributed by atoms with E-state index in [0.29, 0.717) is 12.4 Å². The van der Waals surface area contributed by atoms with E-state index in [1.165, 1.54) is 0 Å². The number of aromatic amines is 1. The molecule has 0 spiro atoms. The van der Waals surface area contributed by atoms with E-state index in [2.05, 4.69) is 15.3 Å². The summed E-state index contributed by atoms with van der Waals surface area (Å²) in [6.07, 6.45) is 0.882. The summed E-state index contributed by atoms with van der Waals surface area (Å²) < 4.78 is 0. The van der Waals surface area contributed by atoms with Gasteiger partial charge in [0, 0.05) is 6.54 Å². The van der Waals surface area contributed by atoms with E-state index in [-0.39, 0.29) is 17.1 Å². The predicted octanol–water partition coefficient (Wildman–Crippen LogP) is 0.606. The molecule has 0 unspecified atom stereocenters. The molecule has 0 aliphatic carbocycles. The minimum absolute atomic E-state index is 0.146. The molecule has 0 saturated carbocycles. The Balaban J connectivity index is 2.99. The lowest BCUT2D eigenvalue weighted by atomic mass is 10.4. The van der Waals surface area contributed by atoms with Gasteiger partial charge in [-0.15, -0.1) is 0 Å². The van der Waals surface area contributed by atoms with Crippen LogP contribution in [-0.2, 0) is 0 Å². The summed E-state index contributed by atoms with van der Waals surface area (Å²) in [7, 11) is 0. The fourth-order valence-corrected chi connectivity index (χ4v) is 0.980. The van der Waals surface area contributed by atoms with Crippen molar-refractivity contribution in [1.82, 2.24) is 9.97 Å². The van der Waals surface area contributed by atoms with Crippen molar-refractivity contribution in [1.29, 1.82) is 0 Å². The van der Waals surface area contributed by atoms with Crippen LogP contribution in [0.1, 0.15) is 19.2 Å². The largest absolute Gasteiger partial charge is 0.492 e. The van der Waals surface area contributed by atoms with Gasteiger partial charge in [0.2, 0.25) is 5.88 Å². The number of hydrogen-bond donors (Lipinski definition) is 3. The maximum Gasteiger partial charge on any atom is 0.278 e. The van der Waals surface area contributed by atoms with Gasteiger partial charge in [0.25, 0.3) is 5.56 Å². The summed E-state index contributed by atoms with van der Waals surface area (Å²) in [5.74, 6) is 0.166. The maximum atomic E-state index is 11.2. The van der Waals surface area contributed by atoms with E-state index in [4.69, 9.17) is 0 Å². The second-order valence-electron chi connectivity index (χ2n) is 2.78. The Morgan fingerprint density at radius 3 is 2.85 bits per heavy atom. The van der Waals surface area contributed by atoms with Crippen molar-refractivity contribution in [3.63, 3.8) is 0 Å². The highest BCUT2D eigenvalue weighted by Gasteiger charge is 2.06. The van der Waals surface area contributed by atoms with Crippen molar-refractivity contribution >= 4 is 5.69 Å². The fourth-order valence-electron chi connectivity index (χ4n) is 0.980. The lowest BCUT2D eigenvalue weighted by Crippen LogP contribution is -2.16. The molecule has 0 amide bonds. The summed E-state index contributed by atoms with van der Waals surface area (Å²) in [5.41, 5.74) is -0.189. The molecule has 5 nitrogen and oxygen atoms in total. The molecule has 3 N–H and O–H groups in total. The quantitative estimate of drug-likeness (QED) is 0.641. The predicted molar refractivity (Wildman–Crippen MR) is 50.0 cm³/mol. The number of anilines is 1. The first kappa shape index (κ1) is 9.57. The van der Waals surface area contributed by atoms with Crippen molar-refractivity contribution in [3.8, 4) is 5.88 Å². The minimum Gasteiger partial charge on any atom is -0.492 e. The first-order valence-corrected chi connectivity index (χ1v) is 4.19. The van der Waals surface area contributed by atoms with Crippen LogP contribution in [0.25, 0.3) is 0 Å². The van der Waals surface area contributed by atoms with Crippen molar-refractivity contribution < 1.29 is 5.11 Å². The van der Waals surface area contributed by atoms with Crippen LogP contribution < -0.4 is 10.9 Å². The Kier molecular flexibility index (Phi) is 2.89. The monoisotopic (exact) mass is 183 g/mol. The van der Waals surface area contributed by atoms with Crippen LogP contribution in [0.5, 0.6) is 5.88 Å². The van der Waals surface area contributed by atoms with Crippen LogP contribution in [-0.4, -0.2) is 21.6 Å². The Bertz CT molecular complexity index is 346. The van der Waals surface area contributed by atoms with Gasteiger partial charge in [-0.3, -0.25) is 4.79 Å². The van der Waals surface area contributed by atoms with Crippen LogP contribution >= 0.6 is 0 Å². The smallest absolute Gasteiger partial charge is 0.278 e. The highest BCUT2D eigenvalue weighted by Crippen LogP contribution is 2.13. The van der Waals surface area contributed by atoms with E-state index >= 15 is 0 Å². The van der Waals surface area contributed by atoms with E-state index in [0.717, 1.165) is 6.42 Å².